The number of rotatable bonds is 5. The Balaban J connectivity index is 1.66. The molecule has 0 unspecified atom stereocenters. The first-order valence-electron chi connectivity index (χ1n) is 6.07. The normalized spacial score (nSPS) is 16.6. The summed E-state index contributed by atoms with van der Waals surface area (Å²) >= 11 is 6.06. The minimum absolute atomic E-state index is 0.809. The second kappa shape index (κ2) is 6.12. The summed E-state index contributed by atoms with van der Waals surface area (Å²) in [6, 6.07) is 7.91. The van der Waals surface area contributed by atoms with Crippen LogP contribution in [0.1, 0.15) is 19.3 Å². The topological polar surface area (TPSA) is 15.3 Å². The molecule has 1 heterocycles. The van der Waals surface area contributed by atoms with Crippen LogP contribution in [0.25, 0.3) is 0 Å². The van der Waals surface area contributed by atoms with Crippen molar-refractivity contribution >= 4 is 17.3 Å². The Morgan fingerprint density at radius 1 is 1.19 bits per heavy atom. The van der Waals surface area contributed by atoms with E-state index in [-0.39, 0.29) is 0 Å². The van der Waals surface area contributed by atoms with Gasteiger partial charge in [0.15, 0.2) is 0 Å². The molecule has 2 rings (SSSR count). The van der Waals surface area contributed by atoms with Gasteiger partial charge in [-0.3, -0.25) is 0 Å². The molecule has 3 heteroatoms. The van der Waals surface area contributed by atoms with Gasteiger partial charge in [-0.1, -0.05) is 23.7 Å². The number of halogens is 1. The van der Waals surface area contributed by atoms with Gasteiger partial charge in [-0.05, 0) is 51.0 Å². The first kappa shape index (κ1) is 11.7. The van der Waals surface area contributed by atoms with Gasteiger partial charge in [0.1, 0.15) is 0 Å². The van der Waals surface area contributed by atoms with Crippen molar-refractivity contribution in [2.75, 3.05) is 31.5 Å². The third kappa shape index (κ3) is 3.39. The van der Waals surface area contributed by atoms with Gasteiger partial charge in [0.05, 0.1) is 10.7 Å². The van der Waals surface area contributed by atoms with E-state index in [0.717, 1.165) is 17.3 Å². The van der Waals surface area contributed by atoms with Crippen molar-refractivity contribution in [2.45, 2.75) is 19.3 Å². The molecule has 1 aromatic rings. The molecule has 0 saturated carbocycles. The zero-order valence-electron chi connectivity index (χ0n) is 9.58. The lowest BCUT2D eigenvalue weighted by Crippen LogP contribution is -2.22. The van der Waals surface area contributed by atoms with Crippen LogP contribution in [0.15, 0.2) is 24.3 Å². The van der Waals surface area contributed by atoms with Gasteiger partial charge < -0.3 is 10.2 Å². The number of nitrogens with zero attached hydrogens (tertiary/aromatic N) is 1. The molecule has 0 aliphatic carbocycles. The maximum atomic E-state index is 6.06. The van der Waals surface area contributed by atoms with Gasteiger partial charge in [0, 0.05) is 6.54 Å². The van der Waals surface area contributed by atoms with Crippen LogP contribution in [0, 0.1) is 0 Å². The molecule has 16 heavy (non-hydrogen) atoms. The third-order valence-electron chi connectivity index (χ3n) is 3.04. The van der Waals surface area contributed by atoms with Crippen LogP contribution in [0.2, 0.25) is 5.02 Å². The van der Waals surface area contributed by atoms with E-state index in [1.54, 1.807) is 0 Å². The minimum atomic E-state index is 0.809. The van der Waals surface area contributed by atoms with Crippen molar-refractivity contribution < 1.29 is 0 Å². The molecule has 0 radical (unpaired) electrons. The Morgan fingerprint density at radius 2 is 1.94 bits per heavy atom. The first-order valence-corrected chi connectivity index (χ1v) is 6.45. The summed E-state index contributed by atoms with van der Waals surface area (Å²) in [6.45, 7) is 4.77. The summed E-state index contributed by atoms with van der Waals surface area (Å²) in [5.74, 6) is 0. The van der Waals surface area contributed by atoms with Gasteiger partial charge in [-0.2, -0.15) is 0 Å². The number of hydrogen-bond acceptors (Lipinski definition) is 2. The predicted octanol–water partition coefficient (Wildman–Crippen LogP) is 3.24. The van der Waals surface area contributed by atoms with E-state index in [1.807, 2.05) is 24.3 Å². The van der Waals surface area contributed by atoms with E-state index in [9.17, 15) is 0 Å². The van der Waals surface area contributed by atoms with Crippen molar-refractivity contribution in [1.29, 1.82) is 0 Å². The van der Waals surface area contributed by atoms with Crippen LogP contribution in [-0.2, 0) is 0 Å². The molecule has 0 atom stereocenters. The summed E-state index contributed by atoms with van der Waals surface area (Å²) in [5.41, 5.74) is 1.05. The molecular formula is C13H19ClN2. The molecule has 0 bridgehead atoms. The molecule has 88 valence electrons. The molecule has 1 aliphatic rings. The van der Waals surface area contributed by atoms with Gasteiger partial charge >= 0.3 is 0 Å². The van der Waals surface area contributed by atoms with E-state index >= 15 is 0 Å². The highest BCUT2D eigenvalue weighted by molar-refractivity contribution is 6.33. The Bertz CT molecular complexity index is 321. The molecule has 0 aromatic heterocycles. The quantitative estimate of drug-likeness (QED) is 0.793. The van der Waals surface area contributed by atoms with Crippen molar-refractivity contribution in [3.63, 3.8) is 0 Å². The van der Waals surface area contributed by atoms with Crippen LogP contribution in [0.3, 0.4) is 0 Å². The van der Waals surface area contributed by atoms with E-state index in [1.165, 1.54) is 38.9 Å². The zero-order chi connectivity index (χ0) is 11.2. The summed E-state index contributed by atoms with van der Waals surface area (Å²) in [5, 5.41) is 4.19. The fraction of sp³-hybridized carbons (Fsp3) is 0.538. The Morgan fingerprint density at radius 3 is 2.69 bits per heavy atom. The molecule has 1 aliphatic heterocycles. The third-order valence-corrected chi connectivity index (χ3v) is 3.37. The summed E-state index contributed by atoms with van der Waals surface area (Å²) in [6.07, 6.45) is 3.93. The summed E-state index contributed by atoms with van der Waals surface area (Å²) < 4.78 is 0. The lowest BCUT2D eigenvalue weighted by molar-refractivity contribution is 0.337. The molecule has 1 aromatic carbocycles. The Labute approximate surface area is 103 Å². The van der Waals surface area contributed by atoms with Crippen LogP contribution >= 0.6 is 11.6 Å². The number of para-hydroxylation sites is 1. The number of anilines is 1. The number of nitrogens with one attached hydrogen (secondary N) is 1. The number of hydrogen-bond donors (Lipinski definition) is 1. The van der Waals surface area contributed by atoms with Crippen LogP contribution < -0.4 is 5.32 Å². The van der Waals surface area contributed by atoms with Crippen LogP contribution in [0.4, 0.5) is 5.69 Å². The standard InChI is InChI=1S/C13H19ClN2/c14-12-6-1-2-7-13(12)15-8-5-11-16-9-3-4-10-16/h1-2,6-7,15H,3-5,8-11H2. The number of benzene rings is 1. The second-order valence-electron chi connectivity index (χ2n) is 4.31. The molecule has 1 saturated heterocycles. The maximum Gasteiger partial charge on any atom is 0.0637 e. The van der Waals surface area contributed by atoms with Gasteiger partial charge in [-0.25, -0.2) is 0 Å². The van der Waals surface area contributed by atoms with Gasteiger partial charge in [0.2, 0.25) is 0 Å². The Hall–Kier alpha value is -0.730. The fourth-order valence-electron chi connectivity index (χ4n) is 2.14. The molecule has 0 amide bonds. The van der Waals surface area contributed by atoms with Crippen LogP contribution in [-0.4, -0.2) is 31.1 Å². The monoisotopic (exact) mass is 238 g/mol. The largest absolute Gasteiger partial charge is 0.384 e. The molecular weight excluding hydrogens is 220 g/mol. The van der Waals surface area contributed by atoms with E-state index in [0.29, 0.717) is 0 Å². The smallest absolute Gasteiger partial charge is 0.0637 e. The van der Waals surface area contributed by atoms with Gasteiger partial charge in [0.25, 0.3) is 0 Å². The van der Waals surface area contributed by atoms with Crippen molar-refractivity contribution in [3.8, 4) is 0 Å². The average molecular weight is 239 g/mol. The Kier molecular flexibility index (Phi) is 4.49. The minimum Gasteiger partial charge on any atom is -0.384 e. The molecule has 0 spiro atoms. The lowest BCUT2D eigenvalue weighted by Gasteiger charge is -2.15. The van der Waals surface area contributed by atoms with Crippen molar-refractivity contribution in [1.82, 2.24) is 4.90 Å². The van der Waals surface area contributed by atoms with Gasteiger partial charge in [-0.15, -0.1) is 0 Å². The van der Waals surface area contributed by atoms with E-state index in [2.05, 4.69) is 10.2 Å². The highest BCUT2D eigenvalue weighted by Crippen LogP contribution is 2.20. The fourth-order valence-corrected chi connectivity index (χ4v) is 2.34. The van der Waals surface area contributed by atoms with Crippen molar-refractivity contribution in [2.24, 2.45) is 0 Å². The molecule has 1 N–H and O–H groups in total. The molecule has 2 nitrogen and oxygen atoms in total. The summed E-state index contributed by atoms with van der Waals surface area (Å²) in [7, 11) is 0. The first-order chi connectivity index (χ1) is 7.86. The highest BCUT2D eigenvalue weighted by atomic mass is 35.5. The van der Waals surface area contributed by atoms with Crippen molar-refractivity contribution in [3.05, 3.63) is 29.3 Å². The SMILES string of the molecule is Clc1ccccc1NCCCN1CCCC1. The van der Waals surface area contributed by atoms with E-state index < -0.39 is 0 Å². The second-order valence-corrected chi connectivity index (χ2v) is 4.72. The van der Waals surface area contributed by atoms with Crippen LogP contribution in [0.5, 0.6) is 0 Å². The maximum absolute atomic E-state index is 6.06. The molecule has 1 fully saturated rings. The average Bonchev–Trinajstić information content (AvgIpc) is 2.79. The lowest BCUT2D eigenvalue weighted by atomic mass is 10.3. The highest BCUT2D eigenvalue weighted by Gasteiger charge is 2.09. The zero-order valence-corrected chi connectivity index (χ0v) is 10.3. The summed E-state index contributed by atoms with van der Waals surface area (Å²) in [4.78, 5) is 2.54. The number of likely N-dealkylation sites (tertiary alicyclic amines) is 1. The predicted molar refractivity (Wildman–Crippen MR) is 70.2 cm³/mol. The van der Waals surface area contributed by atoms with E-state index in [4.69, 9.17) is 11.6 Å².